The van der Waals surface area contributed by atoms with E-state index >= 15 is 0 Å². The number of hydrogen-bond acceptors (Lipinski definition) is 4. The lowest BCUT2D eigenvalue weighted by Crippen LogP contribution is -2.45. The van der Waals surface area contributed by atoms with Crippen LogP contribution in [0, 0.1) is 6.92 Å². The minimum atomic E-state index is -0.499. The number of fused-ring (bicyclic) bond motifs is 1. The Hall–Kier alpha value is -3.22. The van der Waals surface area contributed by atoms with Crippen molar-refractivity contribution in [2.75, 3.05) is 24.0 Å². The molecule has 3 amide bonds. The Kier molecular flexibility index (Phi) is 4.58. The predicted molar refractivity (Wildman–Crippen MR) is 101 cm³/mol. The van der Waals surface area contributed by atoms with E-state index in [9.17, 15) is 9.59 Å². The van der Waals surface area contributed by atoms with Crippen LogP contribution in [0.25, 0.3) is 0 Å². The molecule has 0 aromatic heterocycles. The molecule has 0 saturated carbocycles. The van der Waals surface area contributed by atoms with Crippen molar-refractivity contribution in [3.63, 3.8) is 0 Å². The molecule has 140 valence electrons. The molecule has 7 heteroatoms. The molecule has 1 fully saturated rings. The summed E-state index contributed by atoms with van der Waals surface area (Å²) in [5, 5.41) is 5.74. The van der Waals surface area contributed by atoms with E-state index in [1.807, 2.05) is 31.2 Å². The maximum Gasteiger partial charge on any atom is 0.322 e. The molecule has 2 aromatic carbocycles. The number of urea groups is 1. The van der Waals surface area contributed by atoms with Gasteiger partial charge in [0, 0.05) is 24.0 Å². The van der Waals surface area contributed by atoms with Gasteiger partial charge in [-0.2, -0.15) is 0 Å². The first-order valence-corrected chi connectivity index (χ1v) is 8.95. The molecular weight excluding hydrogens is 346 g/mol. The zero-order valence-electron chi connectivity index (χ0n) is 15.0. The van der Waals surface area contributed by atoms with Crippen LogP contribution >= 0.6 is 0 Å². The second-order valence-corrected chi connectivity index (χ2v) is 6.70. The highest BCUT2D eigenvalue weighted by atomic mass is 16.7. The third-order valence-electron chi connectivity index (χ3n) is 4.76. The van der Waals surface area contributed by atoms with Crippen LogP contribution in [0.2, 0.25) is 0 Å². The van der Waals surface area contributed by atoms with Crippen LogP contribution in [0.3, 0.4) is 0 Å². The highest BCUT2D eigenvalue weighted by Crippen LogP contribution is 2.34. The number of hydrogen-bond donors (Lipinski definition) is 2. The first kappa shape index (κ1) is 17.2. The molecule has 0 unspecified atom stereocenters. The quantitative estimate of drug-likeness (QED) is 0.872. The fourth-order valence-electron chi connectivity index (χ4n) is 3.31. The Morgan fingerprint density at radius 3 is 2.56 bits per heavy atom. The van der Waals surface area contributed by atoms with Crippen LogP contribution in [-0.2, 0) is 4.79 Å². The maximum absolute atomic E-state index is 12.7. The largest absolute Gasteiger partial charge is 0.454 e. The summed E-state index contributed by atoms with van der Waals surface area (Å²) in [6, 6.07) is 12.1. The highest BCUT2D eigenvalue weighted by Gasteiger charge is 2.34. The van der Waals surface area contributed by atoms with Crippen LogP contribution in [0.4, 0.5) is 16.2 Å². The SMILES string of the molecule is Cc1ccc(NC(=O)N2CCC[C@@H]2C(=O)Nc2ccc3c(c2)OCO3)cc1. The Labute approximate surface area is 157 Å². The summed E-state index contributed by atoms with van der Waals surface area (Å²) in [6.07, 6.45) is 1.43. The number of benzene rings is 2. The van der Waals surface area contributed by atoms with Gasteiger partial charge in [0.25, 0.3) is 0 Å². The average Bonchev–Trinajstić information content (AvgIpc) is 3.32. The first-order chi connectivity index (χ1) is 13.1. The van der Waals surface area contributed by atoms with Gasteiger partial charge in [-0.1, -0.05) is 17.7 Å². The molecule has 1 atom stereocenters. The molecule has 7 nitrogen and oxygen atoms in total. The van der Waals surface area contributed by atoms with Crippen LogP contribution in [0.1, 0.15) is 18.4 Å². The predicted octanol–water partition coefficient (Wildman–Crippen LogP) is 3.36. The van der Waals surface area contributed by atoms with Gasteiger partial charge < -0.3 is 25.0 Å². The number of aryl methyl sites for hydroxylation is 1. The molecule has 0 bridgehead atoms. The summed E-state index contributed by atoms with van der Waals surface area (Å²) in [4.78, 5) is 26.9. The molecule has 4 rings (SSSR count). The Morgan fingerprint density at radius 1 is 1.00 bits per heavy atom. The van der Waals surface area contributed by atoms with Crippen molar-refractivity contribution in [3.05, 3.63) is 48.0 Å². The third kappa shape index (κ3) is 3.67. The number of likely N-dealkylation sites (tertiary alicyclic amines) is 1. The number of ether oxygens (including phenoxy) is 2. The minimum absolute atomic E-state index is 0.183. The van der Waals surface area contributed by atoms with E-state index in [1.54, 1.807) is 23.1 Å². The minimum Gasteiger partial charge on any atom is -0.454 e. The standard InChI is InChI=1S/C20H21N3O4/c1-13-4-6-14(7-5-13)22-20(25)23-10-2-3-16(23)19(24)21-15-8-9-17-18(11-15)27-12-26-17/h4-9,11,16H,2-3,10,12H2,1H3,(H,21,24)(H,22,25)/t16-/m1/s1. The van der Waals surface area contributed by atoms with Gasteiger partial charge in [0.15, 0.2) is 11.5 Å². The zero-order chi connectivity index (χ0) is 18.8. The van der Waals surface area contributed by atoms with E-state index in [4.69, 9.17) is 9.47 Å². The van der Waals surface area contributed by atoms with Gasteiger partial charge in [-0.25, -0.2) is 4.79 Å². The van der Waals surface area contributed by atoms with Crippen LogP contribution in [-0.4, -0.2) is 36.2 Å². The summed E-state index contributed by atoms with van der Waals surface area (Å²) in [5.41, 5.74) is 2.46. The molecule has 27 heavy (non-hydrogen) atoms. The highest BCUT2D eigenvalue weighted by molar-refractivity contribution is 5.99. The molecule has 2 aliphatic heterocycles. The van der Waals surface area contributed by atoms with E-state index < -0.39 is 6.04 Å². The number of nitrogens with one attached hydrogen (secondary N) is 2. The third-order valence-corrected chi connectivity index (χ3v) is 4.76. The van der Waals surface area contributed by atoms with E-state index in [-0.39, 0.29) is 18.7 Å². The molecule has 2 N–H and O–H groups in total. The van der Waals surface area contributed by atoms with E-state index in [2.05, 4.69) is 10.6 Å². The molecule has 2 heterocycles. The van der Waals surface area contributed by atoms with Gasteiger partial charge >= 0.3 is 6.03 Å². The van der Waals surface area contributed by atoms with Crippen molar-refractivity contribution < 1.29 is 19.1 Å². The number of anilines is 2. The number of nitrogens with zero attached hydrogens (tertiary/aromatic N) is 1. The van der Waals surface area contributed by atoms with Crippen molar-refractivity contribution in [2.24, 2.45) is 0 Å². The second-order valence-electron chi connectivity index (χ2n) is 6.70. The molecule has 0 radical (unpaired) electrons. The Morgan fingerprint density at radius 2 is 1.74 bits per heavy atom. The number of rotatable bonds is 3. The van der Waals surface area contributed by atoms with Crippen molar-refractivity contribution in [2.45, 2.75) is 25.8 Å². The molecule has 2 aromatic rings. The summed E-state index contributed by atoms with van der Waals surface area (Å²) in [5.74, 6) is 1.06. The smallest absolute Gasteiger partial charge is 0.322 e. The van der Waals surface area contributed by atoms with Crippen LogP contribution in [0.5, 0.6) is 11.5 Å². The lowest BCUT2D eigenvalue weighted by atomic mass is 10.2. The number of amides is 3. The second kappa shape index (κ2) is 7.19. The summed E-state index contributed by atoms with van der Waals surface area (Å²) in [6.45, 7) is 2.72. The van der Waals surface area contributed by atoms with Crippen LogP contribution in [0.15, 0.2) is 42.5 Å². The molecule has 0 aliphatic carbocycles. The summed E-state index contributed by atoms with van der Waals surface area (Å²) >= 11 is 0. The van der Waals surface area contributed by atoms with Gasteiger partial charge in [0.2, 0.25) is 12.7 Å². The number of carbonyl (C=O) groups is 2. The summed E-state index contributed by atoms with van der Waals surface area (Å²) < 4.78 is 10.6. The Bertz CT molecular complexity index is 866. The molecule has 0 spiro atoms. The average molecular weight is 367 g/mol. The van der Waals surface area contributed by atoms with Crippen molar-refractivity contribution in [1.82, 2.24) is 4.90 Å². The van der Waals surface area contributed by atoms with E-state index in [0.717, 1.165) is 12.0 Å². The van der Waals surface area contributed by atoms with Gasteiger partial charge in [-0.05, 0) is 44.0 Å². The first-order valence-electron chi connectivity index (χ1n) is 8.95. The molecule has 2 aliphatic rings. The maximum atomic E-state index is 12.7. The van der Waals surface area contributed by atoms with E-state index in [0.29, 0.717) is 35.8 Å². The van der Waals surface area contributed by atoms with Gasteiger partial charge in [0.1, 0.15) is 6.04 Å². The van der Waals surface area contributed by atoms with Gasteiger partial charge in [0.05, 0.1) is 0 Å². The monoisotopic (exact) mass is 367 g/mol. The fraction of sp³-hybridized carbons (Fsp3) is 0.300. The lowest BCUT2D eigenvalue weighted by Gasteiger charge is -2.24. The summed E-state index contributed by atoms with van der Waals surface area (Å²) in [7, 11) is 0. The lowest BCUT2D eigenvalue weighted by molar-refractivity contribution is -0.119. The van der Waals surface area contributed by atoms with Crippen molar-refractivity contribution in [1.29, 1.82) is 0 Å². The topological polar surface area (TPSA) is 79.9 Å². The van der Waals surface area contributed by atoms with Crippen molar-refractivity contribution in [3.8, 4) is 11.5 Å². The van der Waals surface area contributed by atoms with Crippen LogP contribution < -0.4 is 20.1 Å². The Balaban J connectivity index is 1.41. The van der Waals surface area contributed by atoms with Crippen molar-refractivity contribution >= 4 is 23.3 Å². The van der Waals surface area contributed by atoms with Gasteiger partial charge in [-0.15, -0.1) is 0 Å². The number of carbonyl (C=O) groups excluding carboxylic acids is 2. The molecule has 1 saturated heterocycles. The zero-order valence-corrected chi connectivity index (χ0v) is 15.0. The van der Waals surface area contributed by atoms with E-state index in [1.165, 1.54) is 0 Å². The molecular formula is C20H21N3O4. The van der Waals surface area contributed by atoms with Gasteiger partial charge in [-0.3, -0.25) is 4.79 Å². The normalized spacial score (nSPS) is 17.7. The fourth-order valence-corrected chi connectivity index (χ4v) is 3.31.